The Morgan fingerprint density at radius 1 is 0.853 bits per heavy atom. The first-order valence-corrected chi connectivity index (χ1v) is 11.6. The summed E-state index contributed by atoms with van der Waals surface area (Å²) in [6.07, 6.45) is 0.932. The number of amides is 1. The molecule has 0 bridgehead atoms. The molecule has 0 fully saturated rings. The fraction of sp³-hybridized carbons (Fsp3) is 0.250. The molecule has 2 heterocycles. The van der Waals surface area contributed by atoms with Crippen LogP contribution in [0.5, 0.6) is 0 Å². The highest BCUT2D eigenvalue weighted by Crippen LogP contribution is 2.19. The van der Waals surface area contributed by atoms with Crippen molar-refractivity contribution >= 4 is 16.8 Å². The molecule has 6 heteroatoms. The first kappa shape index (κ1) is 21.9. The fourth-order valence-corrected chi connectivity index (χ4v) is 4.67. The van der Waals surface area contributed by atoms with Gasteiger partial charge in [-0.3, -0.25) is 18.7 Å². The number of aryl methyl sites for hydroxylation is 1. The number of rotatable bonds is 5. The summed E-state index contributed by atoms with van der Waals surface area (Å²) >= 11 is 0. The zero-order chi connectivity index (χ0) is 23.7. The van der Waals surface area contributed by atoms with Crippen molar-refractivity contribution in [2.45, 2.75) is 39.4 Å². The zero-order valence-electron chi connectivity index (χ0n) is 19.2. The largest absolute Gasteiger partial charge is 0.338 e. The fourth-order valence-electron chi connectivity index (χ4n) is 4.67. The number of carbonyl (C=O) groups excluding carboxylic acids is 1. The van der Waals surface area contributed by atoms with E-state index in [1.807, 2.05) is 60.4 Å². The summed E-state index contributed by atoms with van der Waals surface area (Å²) in [7, 11) is 0. The summed E-state index contributed by atoms with van der Waals surface area (Å²) in [5, 5.41) is 0.480. The van der Waals surface area contributed by atoms with Crippen LogP contribution in [-0.2, 0) is 30.8 Å². The van der Waals surface area contributed by atoms with E-state index in [1.165, 1.54) is 10.1 Å². The molecular formula is C28H27N3O3. The van der Waals surface area contributed by atoms with Crippen molar-refractivity contribution < 1.29 is 4.79 Å². The van der Waals surface area contributed by atoms with Crippen molar-refractivity contribution in [2.24, 2.45) is 0 Å². The second-order valence-electron chi connectivity index (χ2n) is 8.91. The van der Waals surface area contributed by atoms with E-state index >= 15 is 0 Å². The number of benzene rings is 3. The van der Waals surface area contributed by atoms with Crippen LogP contribution in [0.4, 0.5) is 0 Å². The summed E-state index contributed by atoms with van der Waals surface area (Å²) in [4.78, 5) is 41.4. The maximum absolute atomic E-state index is 13.4. The van der Waals surface area contributed by atoms with Crippen LogP contribution < -0.4 is 11.2 Å². The van der Waals surface area contributed by atoms with E-state index in [2.05, 4.69) is 6.07 Å². The molecule has 6 nitrogen and oxygen atoms in total. The maximum atomic E-state index is 13.4. The Balaban J connectivity index is 1.43. The Labute approximate surface area is 197 Å². The highest BCUT2D eigenvalue weighted by atomic mass is 16.2. The molecule has 1 aromatic heterocycles. The first-order valence-electron chi connectivity index (χ1n) is 11.6. The molecule has 0 atom stereocenters. The summed E-state index contributed by atoms with van der Waals surface area (Å²) in [5.41, 5.74) is 4.42. The van der Waals surface area contributed by atoms with E-state index < -0.39 is 0 Å². The summed E-state index contributed by atoms with van der Waals surface area (Å²) in [6, 6.07) is 23.3. The molecule has 3 aromatic carbocycles. The second-order valence-corrected chi connectivity index (χ2v) is 8.91. The molecule has 0 unspecified atom stereocenters. The predicted octanol–water partition coefficient (Wildman–Crippen LogP) is 3.49. The van der Waals surface area contributed by atoms with Crippen LogP contribution in [0.25, 0.3) is 10.9 Å². The first-order chi connectivity index (χ1) is 16.5. The Bertz CT molecular complexity index is 1480. The number of fused-ring (bicyclic) bond motifs is 2. The molecule has 5 rings (SSSR count). The summed E-state index contributed by atoms with van der Waals surface area (Å²) in [6.45, 7) is 3.66. The van der Waals surface area contributed by atoms with Crippen LogP contribution in [0.2, 0.25) is 0 Å². The van der Waals surface area contributed by atoms with Gasteiger partial charge >= 0.3 is 5.69 Å². The van der Waals surface area contributed by atoms with Crippen molar-refractivity contribution in [1.82, 2.24) is 14.0 Å². The molecule has 0 saturated carbocycles. The SMILES string of the molecule is Cc1ccc(Cn2c(=O)n(CCC(=O)N3CCc4ccccc4C3)c(=O)c3ccccc32)cc1. The number of carbonyl (C=O) groups is 1. The molecule has 0 N–H and O–H groups in total. The molecule has 4 aromatic rings. The smallest absolute Gasteiger partial charge is 0.331 e. The van der Waals surface area contributed by atoms with E-state index in [-0.39, 0.29) is 30.1 Å². The normalized spacial score (nSPS) is 13.1. The predicted molar refractivity (Wildman–Crippen MR) is 133 cm³/mol. The third kappa shape index (κ3) is 4.19. The zero-order valence-corrected chi connectivity index (χ0v) is 19.2. The van der Waals surface area contributed by atoms with Crippen LogP contribution in [0.15, 0.2) is 82.4 Å². The molecule has 0 radical (unpaired) electrons. The van der Waals surface area contributed by atoms with Gasteiger partial charge in [-0.25, -0.2) is 4.79 Å². The van der Waals surface area contributed by atoms with Crippen LogP contribution in [0, 0.1) is 6.92 Å². The molecular weight excluding hydrogens is 426 g/mol. The standard InChI is InChI=1S/C28H27N3O3/c1-20-10-12-21(13-11-20)18-31-25-9-5-4-8-24(25)27(33)30(28(31)34)17-15-26(32)29-16-14-22-6-2-3-7-23(22)19-29/h2-13H,14-19H2,1H3. The van der Waals surface area contributed by atoms with Crippen molar-refractivity contribution in [2.75, 3.05) is 6.54 Å². The average molecular weight is 454 g/mol. The lowest BCUT2D eigenvalue weighted by Gasteiger charge is -2.29. The van der Waals surface area contributed by atoms with Gasteiger partial charge in [0.2, 0.25) is 5.91 Å². The van der Waals surface area contributed by atoms with Crippen molar-refractivity contribution in [3.63, 3.8) is 0 Å². The topological polar surface area (TPSA) is 64.3 Å². The lowest BCUT2D eigenvalue weighted by atomic mass is 10.00. The number of hydrogen-bond acceptors (Lipinski definition) is 3. The number of hydrogen-bond donors (Lipinski definition) is 0. The van der Waals surface area contributed by atoms with Crippen LogP contribution in [-0.4, -0.2) is 26.5 Å². The van der Waals surface area contributed by atoms with Gasteiger partial charge < -0.3 is 4.90 Å². The Kier molecular flexibility index (Phi) is 5.88. The van der Waals surface area contributed by atoms with Gasteiger partial charge in [0.15, 0.2) is 0 Å². The highest BCUT2D eigenvalue weighted by Gasteiger charge is 2.21. The minimum absolute atomic E-state index is 0.0425. The Hall–Kier alpha value is -3.93. The average Bonchev–Trinajstić information content (AvgIpc) is 2.87. The molecule has 34 heavy (non-hydrogen) atoms. The molecule has 1 aliphatic heterocycles. The summed E-state index contributed by atoms with van der Waals surface area (Å²) in [5.74, 6) is -0.0425. The van der Waals surface area contributed by atoms with Crippen molar-refractivity contribution in [1.29, 1.82) is 0 Å². The van der Waals surface area contributed by atoms with Crippen molar-refractivity contribution in [3.05, 3.63) is 116 Å². The van der Waals surface area contributed by atoms with Gasteiger partial charge in [-0.05, 0) is 42.2 Å². The number of aromatic nitrogens is 2. The van der Waals surface area contributed by atoms with Gasteiger partial charge in [0.1, 0.15) is 0 Å². The molecule has 1 aliphatic rings. The molecule has 0 aliphatic carbocycles. The molecule has 1 amide bonds. The minimum Gasteiger partial charge on any atom is -0.338 e. The van der Waals surface area contributed by atoms with Gasteiger partial charge in [0, 0.05) is 26.1 Å². The second kappa shape index (κ2) is 9.14. The third-order valence-electron chi connectivity index (χ3n) is 6.63. The van der Waals surface area contributed by atoms with Crippen LogP contribution in [0.3, 0.4) is 0 Å². The van der Waals surface area contributed by atoms with E-state index in [4.69, 9.17) is 0 Å². The lowest BCUT2D eigenvalue weighted by molar-refractivity contribution is -0.132. The number of nitrogens with zero attached hydrogens (tertiary/aromatic N) is 3. The Morgan fingerprint density at radius 3 is 2.35 bits per heavy atom. The lowest BCUT2D eigenvalue weighted by Crippen LogP contribution is -2.42. The summed E-state index contributed by atoms with van der Waals surface area (Å²) < 4.78 is 2.84. The molecule has 0 saturated heterocycles. The van der Waals surface area contributed by atoms with E-state index in [9.17, 15) is 14.4 Å². The minimum atomic E-state index is -0.388. The Morgan fingerprint density at radius 2 is 1.56 bits per heavy atom. The third-order valence-corrected chi connectivity index (χ3v) is 6.63. The highest BCUT2D eigenvalue weighted by molar-refractivity contribution is 5.78. The monoisotopic (exact) mass is 453 g/mol. The quantitative estimate of drug-likeness (QED) is 0.465. The van der Waals surface area contributed by atoms with Gasteiger partial charge in [-0.1, -0.05) is 66.2 Å². The van der Waals surface area contributed by atoms with Crippen LogP contribution >= 0.6 is 0 Å². The van der Waals surface area contributed by atoms with E-state index in [1.54, 1.807) is 22.8 Å². The van der Waals surface area contributed by atoms with Crippen molar-refractivity contribution in [3.8, 4) is 0 Å². The molecule has 0 spiro atoms. The number of para-hydroxylation sites is 1. The van der Waals surface area contributed by atoms with Gasteiger partial charge in [-0.2, -0.15) is 0 Å². The van der Waals surface area contributed by atoms with Crippen LogP contribution in [0.1, 0.15) is 28.7 Å². The maximum Gasteiger partial charge on any atom is 0.331 e. The molecule has 172 valence electrons. The van der Waals surface area contributed by atoms with E-state index in [0.717, 1.165) is 23.1 Å². The van der Waals surface area contributed by atoms with Gasteiger partial charge in [0.05, 0.1) is 17.4 Å². The van der Waals surface area contributed by atoms with Gasteiger partial charge in [-0.15, -0.1) is 0 Å². The van der Waals surface area contributed by atoms with Gasteiger partial charge in [0.25, 0.3) is 5.56 Å². The van der Waals surface area contributed by atoms with E-state index in [0.29, 0.717) is 30.5 Å².